The molecule has 0 fully saturated rings. The maximum Gasteiger partial charge on any atom is 0.166 e. The van der Waals surface area contributed by atoms with Gasteiger partial charge in [0.05, 0.1) is 0 Å². The Balaban J connectivity index is 2.12. The molecule has 0 atom stereocenters. The van der Waals surface area contributed by atoms with Crippen LogP contribution < -0.4 is 4.90 Å². The summed E-state index contributed by atoms with van der Waals surface area (Å²) in [4.78, 5) is 14.1. The van der Waals surface area contributed by atoms with Crippen LogP contribution in [-0.2, 0) is 0 Å². The first-order valence-corrected chi connectivity index (χ1v) is 6.93. The second-order valence-corrected chi connectivity index (χ2v) is 5.27. The topological polar surface area (TPSA) is 20.3 Å². The average molecular weight is 235 g/mol. The third kappa shape index (κ3) is 2.40. The first kappa shape index (κ1) is 11.5. The van der Waals surface area contributed by atoms with Crippen molar-refractivity contribution >= 4 is 23.2 Å². The fourth-order valence-electron chi connectivity index (χ4n) is 2.03. The largest absolute Gasteiger partial charge is 0.370 e. The van der Waals surface area contributed by atoms with Crippen LogP contribution in [0.15, 0.2) is 24.3 Å². The molecular formula is C13H17NOS. The molecule has 0 saturated heterocycles. The third-order valence-corrected chi connectivity index (χ3v) is 3.74. The number of carbonyl (C=O) groups excluding carboxylic acids is 1. The van der Waals surface area contributed by atoms with Gasteiger partial charge in [-0.1, -0.05) is 19.1 Å². The highest BCUT2D eigenvalue weighted by Gasteiger charge is 2.21. The Hall–Kier alpha value is -0.960. The molecule has 16 heavy (non-hydrogen) atoms. The molecule has 0 saturated carbocycles. The van der Waals surface area contributed by atoms with Crippen molar-refractivity contribution in [2.24, 2.45) is 0 Å². The summed E-state index contributed by atoms with van der Waals surface area (Å²) in [5, 5.41) is 0. The number of fused-ring (bicyclic) bond motifs is 1. The summed E-state index contributed by atoms with van der Waals surface area (Å²) in [5.74, 6) is 2.59. The van der Waals surface area contributed by atoms with E-state index in [1.807, 2.05) is 30.0 Å². The predicted molar refractivity (Wildman–Crippen MR) is 70.6 cm³/mol. The smallest absolute Gasteiger partial charge is 0.166 e. The number of benzene rings is 1. The first-order valence-electron chi connectivity index (χ1n) is 5.78. The summed E-state index contributed by atoms with van der Waals surface area (Å²) in [5.41, 5.74) is 2.02. The number of rotatable bonds is 4. The van der Waals surface area contributed by atoms with E-state index in [1.165, 1.54) is 0 Å². The van der Waals surface area contributed by atoms with E-state index in [2.05, 4.69) is 17.9 Å². The van der Waals surface area contributed by atoms with Gasteiger partial charge in [0, 0.05) is 36.5 Å². The number of nitrogens with zero attached hydrogens (tertiary/aromatic N) is 1. The maximum atomic E-state index is 11.7. The molecular weight excluding hydrogens is 218 g/mol. The van der Waals surface area contributed by atoms with Gasteiger partial charge < -0.3 is 4.90 Å². The number of hydrogen-bond donors (Lipinski definition) is 0. The van der Waals surface area contributed by atoms with Crippen LogP contribution in [0.1, 0.15) is 23.7 Å². The van der Waals surface area contributed by atoms with Crippen LogP contribution in [0, 0.1) is 0 Å². The number of Topliss-reactive ketones (excluding diaryl/α,β-unsaturated/α-hetero) is 1. The molecule has 0 amide bonds. The number of hydrogen-bond acceptors (Lipinski definition) is 3. The van der Waals surface area contributed by atoms with Crippen LogP contribution in [0.2, 0.25) is 0 Å². The van der Waals surface area contributed by atoms with E-state index in [9.17, 15) is 4.79 Å². The van der Waals surface area contributed by atoms with Gasteiger partial charge in [0.25, 0.3) is 0 Å². The van der Waals surface area contributed by atoms with E-state index in [1.54, 1.807) is 0 Å². The van der Waals surface area contributed by atoms with E-state index >= 15 is 0 Å². The highest BCUT2D eigenvalue weighted by atomic mass is 32.2. The van der Waals surface area contributed by atoms with E-state index in [0.717, 1.165) is 35.8 Å². The summed E-state index contributed by atoms with van der Waals surface area (Å²) in [6.07, 6.45) is 0.661. The second kappa shape index (κ2) is 5.39. The first-order chi connectivity index (χ1) is 7.83. The molecule has 86 valence electrons. The average Bonchev–Trinajstić information content (AvgIpc) is 2.33. The van der Waals surface area contributed by atoms with Crippen LogP contribution >= 0.6 is 11.8 Å². The molecule has 1 heterocycles. The van der Waals surface area contributed by atoms with Crippen molar-refractivity contribution in [3.05, 3.63) is 29.8 Å². The van der Waals surface area contributed by atoms with Gasteiger partial charge >= 0.3 is 0 Å². The van der Waals surface area contributed by atoms with Gasteiger partial charge in [-0.15, -0.1) is 0 Å². The summed E-state index contributed by atoms with van der Waals surface area (Å²) in [6, 6.07) is 7.96. The van der Waals surface area contributed by atoms with Gasteiger partial charge in [0.15, 0.2) is 5.78 Å². The van der Waals surface area contributed by atoms with E-state index in [-0.39, 0.29) is 5.78 Å². The van der Waals surface area contributed by atoms with Gasteiger partial charge in [0.2, 0.25) is 0 Å². The Kier molecular flexibility index (Phi) is 3.88. The molecule has 0 unspecified atom stereocenters. The van der Waals surface area contributed by atoms with Crippen LogP contribution in [0.5, 0.6) is 0 Å². The van der Waals surface area contributed by atoms with E-state index in [0.29, 0.717) is 6.42 Å². The molecule has 0 N–H and O–H groups in total. The van der Waals surface area contributed by atoms with Crippen molar-refractivity contribution in [1.29, 1.82) is 0 Å². The SMILES string of the molecule is CCSCCN1CCC(=O)c2ccccc21. The zero-order valence-electron chi connectivity index (χ0n) is 9.61. The lowest BCUT2D eigenvalue weighted by atomic mass is 10.0. The molecule has 1 aliphatic heterocycles. The zero-order valence-corrected chi connectivity index (χ0v) is 10.4. The lowest BCUT2D eigenvalue weighted by Crippen LogP contribution is -2.33. The number of thioether (sulfide) groups is 1. The van der Waals surface area contributed by atoms with Gasteiger partial charge in [-0.3, -0.25) is 4.79 Å². The predicted octanol–water partition coefficient (Wildman–Crippen LogP) is 2.83. The molecule has 0 bridgehead atoms. The lowest BCUT2D eigenvalue weighted by Gasteiger charge is -2.30. The van der Waals surface area contributed by atoms with Gasteiger partial charge in [-0.25, -0.2) is 0 Å². The number of ketones is 1. The van der Waals surface area contributed by atoms with Crippen molar-refractivity contribution in [1.82, 2.24) is 0 Å². The summed E-state index contributed by atoms with van der Waals surface area (Å²) < 4.78 is 0. The number of para-hydroxylation sites is 1. The van der Waals surface area contributed by atoms with Crippen molar-refractivity contribution in [3.63, 3.8) is 0 Å². The summed E-state index contributed by atoms with van der Waals surface area (Å²) in [7, 11) is 0. The molecule has 0 aromatic heterocycles. The van der Waals surface area contributed by atoms with Crippen LogP contribution in [0.3, 0.4) is 0 Å². The molecule has 0 radical (unpaired) electrons. The van der Waals surface area contributed by atoms with Crippen LogP contribution in [-0.4, -0.2) is 30.4 Å². The van der Waals surface area contributed by atoms with Crippen molar-refractivity contribution < 1.29 is 4.79 Å². The van der Waals surface area contributed by atoms with Gasteiger partial charge in [-0.05, 0) is 17.9 Å². The number of anilines is 1. The van der Waals surface area contributed by atoms with E-state index in [4.69, 9.17) is 0 Å². The maximum absolute atomic E-state index is 11.7. The summed E-state index contributed by atoms with van der Waals surface area (Å²) in [6.45, 7) is 4.10. The molecule has 3 heteroatoms. The Morgan fingerprint density at radius 1 is 1.38 bits per heavy atom. The molecule has 0 spiro atoms. The van der Waals surface area contributed by atoms with Crippen LogP contribution in [0.4, 0.5) is 5.69 Å². The zero-order chi connectivity index (χ0) is 11.4. The normalized spacial score (nSPS) is 15.1. The fourth-order valence-corrected chi connectivity index (χ4v) is 2.67. The molecule has 1 aliphatic rings. The van der Waals surface area contributed by atoms with Gasteiger partial charge in [-0.2, -0.15) is 11.8 Å². The Morgan fingerprint density at radius 2 is 2.19 bits per heavy atom. The van der Waals surface area contributed by atoms with Crippen LogP contribution in [0.25, 0.3) is 0 Å². The van der Waals surface area contributed by atoms with Gasteiger partial charge in [0.1, 0.15) is 0 Å². The molecule has 2 rings (SSSR count). The Morgan fingerprint density at radius 3 is 3.00 bits per heavy atom. The monoisotopic (exact) mass is 235 g/mol. The Labute approximate surface area is 101 Å². The minimum Gasteiger partial charge on any atom is -0.370 e. The quantitative estimate of drug-likeness (QED) is 0.748. The third-order valence-electron chi connectivity index (χ3n) is 2.86. The molecule has 1 aromatic carbocycles. The minimum absolute atomic E-state index is 0.287. The van der Waals surface area contributed by atoms with Crippen molar-refractivity contribution in [3.8, 4) is 0 Å². The molecule has 1 aromatic rings. The molecule has 2 nitrogen and oxygen atoms in total. The standard InChI is InChI=1S/C13H17NOS/c1-2-16-10-9-14-8-7-13(15)11-5-3-4-6-12(11)14/h3-6H,2,7-10H2,1H3. The second-order valence-electron chi connectivity index (χ2n) is 3.87. The van der Waals surface area contributed by atoms with E-state index < -0.39 is 0 Å². The lowest BCUT2D eigenvalue weighted by molar-refractivity contribution is 0.0980. The highest BCUT2D eigenvalue weighted by molar-refractivity contribution is 7.99. The Bertz CT molecular complexity index is 378. The minimum atomic E-state index is 0.287. The van der Waals surface area contributed by atoms with Crippen molar-refractivity contribution in [2.45, 2.75) is 13.3 Å². The fraction of sp³-hybridized carbons (Fsp3) is 0.462. The van der Waals surface area contributed by atoms with Crippen molar-refractivity contribution in [2.75, 3.05) is 29.5 Å². The summed E-state index contributed by atoms with van der Waals surface area (Å²) >= 11 is 1.95. The molecule has 0 aliphatic carbocycles. The highest BCUT2D eigenvalue weighted by Crippen LogP contribution is 2.26. The number of carbonyl (C=O) groups is 1.